The number of rotatable bonds is 3. The van der Waals surface area contributed by atoms with Gasteiger partial charge in [0.1, 0.15) is 12.1 Å². The SMILES string of the molecule is COC(=O)[C@@H]1C[C@H]2CC[C@H](OC)[C@@H](C2)[C@@H]2C[C@H](CC[C@@H]2OC)CC(=O)N[C@@H](C)C(=O)N1. The largest absolute Gasteiger partial charge is 0.467 e. The number of hydrogen-bond donors (Lipinski definition) is 2. The number of methoxy groups -OCH3 is 3. The van der Waals surface area contributed by atoms with E-state index < -0.39 is 18.1 Å². The van der Waals surface area contributed by atoms with Crippen LogP contribution in [0, 0.1) is 23.7 Å². The molecule has 4 bridgehead atoms. The Labute approximate surface area is 185 Å². The van der Waals surface area contributed by atoms with Crippen LogP contribution < -0.4 is 10.6 Å². The van der Waals surface area contributed by atoms with Crippen molar-refractivity contribution in [2.75, 3.05) is 21.3 Å². The van der Waals surface area contributed by atoms with E-state index in [0.29, 0.717) is 24.7 Å². The lowest BCUT2D eigenvalue weighted by Crippen LogP contribution is -2.52. The van der Waals surface area contributed by atoms with Gasteiger partial charge in [-0.05, 0) is 75.5 Å². The topological polar surface area (TPSA) is 103 Å². The predicted octanol–water partition coefficient (Wildman–Crippen LogP) is 1.81. The lowest BCUT2D eigenvalue weighted by atomic mass is 9.64. The summed E-state index contributed by atoms with van der Waals surface area (Å²) in [5, 5.41) is 5.61. The summed E-state index contributed by atoms with van der Waals surface area (Å²) in [6, 6.07) is -1.42. The van der Waals surface area contributed by atoms with Crippen molar-refractivity contribution in [1.82, 2.24) is 10.6 Å². The Balaban J connectivity index is 1.89. The molecule has 3 rings (SSSR count). The molecule has 2 N–H and O–H groups in total. The summed E-state index contributed by atoms with van der Waals surface area (Å²) in [6.07, 6.45) is 6.80. The summed E-state index contributed by atoms with van der Waals surface area (Å²) in [7, 11) is 4.88. The molecular weight excluding hydrogens is 400 g/mol. The second-order valence-electron chi connectivity index (χ2n) is 9.55. The molecule has 0 aromatic rings. The monoisotopic (exact) mass is 438 g/mol. The van der Waals surface area contributed by atoms with Crippen molar-refractivity contribution in [3.63, 3.8) is 0 Å². The summed E-state index contributed by atoms with van der Waals surface area (Å²) >= 11 is 0. The van der Waals surface area contributed by atoms with Crippen LogP contribution >= 0.6 is 0 Å². The molecular formula is C23H38N2O6. The van der Waals surface area contributed by atoms with Crippen LogP contribution in [0.25, 0.3) is 0 Å². The van der Waals surface area contributed by atoms with Crippen LogP contribution in [0.1, 0.15) is 58.3 Å². The minimum atomic E-state index is -0.720. The number of amides is 2. The molecule has 176 valence electrons. The molecule has 0 aromatic heterocycles. The normalized spacial score (nSPS) is 39.6. The molecule has 31 heavy (non-hydrogen) atoms. The quantitative estimate of drug-likeness (QED) is 0.652. The summed E-state index contributed by atoms with van der Waals surface area (Å²) in [5.41, 5.74) is 0. The first kappa shape index (κ1) is 24.0. The molecule has 3 fully saturated rings. The highest BCUT2D eigenvalue weighted by Gasteiger charge is 2.44. The second kappa shape index (κ2) is 10.8. The maximum Gasteiger partial charge on any atom is 0.328 e. The van der Waals surface area contributed by atoms with Crippen molar-refractivity contribution < 1.29 is 28.6 Å². The van der Waals surface area contributed by atoms with E-state index in [0.717, 1.165) is 38.5 Å². The van der Waals surface area contributed by atoms with Crippen LogP contribution in [-0.4, -0.2) is 63.4 Å². The van der Waals surface area contributed by atoms with Gasteiger partial charge in [0.15, 0.2) is 0 Å². The molecule has 0 aromatic carbocycles. The van der Waals surface area contributed by atoms with Gasteiger partial charge in [0.25, 0.3) is 0 Å². The fourth-order valence-electron chi connectivity index (χ4n) is 6.04. The molecule has 2 aliphatic carbocycles. The van der Waals surface area contributed by atoms with Crippen molar-refractivity contribution in [3.05, 3.63) is 0 Å². The number of nitrogens with one attached hydrogen (secondary N) is 2. The van der Waals surface area contributed by atoms with E-state index in [1.54, 1.807) is 21.1 Å². The van der Waals surface area contributed by atoms with Crippen molar-refractivity contribution >= 4 is 17.8 Å². The van der Waals surface area contributed by atoms with Crippen LogP contribution in [0.4, 0.5) is 0 Å². The Hall–Kier alpha value is -1.67. The average molecular weight is 439 g/mol. The highest BCUT2D eigenvalue weighted by Crippen LogP contribution is 2.45. The van der Waals surface area contributed by atoms with E-state index in [4.69, 9.17) is 14.2 Å². The van der Waals surface area contributed by atoms with Gasteiger partial charge in [-0.15, -0.1) is 0 Å². The molecule has 1 saturated heterocycles. The minimum Gasteiger partial charge on any atom is -0.467 e. The fourth-order valence-corrected chi connectivity index (χ4v) is 6.04. The molecule has 8 heteroatoms. The smallest absolute Gasteiger partial charge is 0.328 e. The zero-order chi connectivity index (χ0) is 22.5. The molecule has 2 saturated carbocycles. The fraction of sp³-hybridized carbons (Fsp3) is 0.870. The molecule has 3 aliphatic rings. The second-order valence-corrected chi connectivity index (χ2v) is 9.55. The van der Waals surface area contributed by atoms with Crippen LogP contribution in [0.15, 0.2) is 0 Å². The number of esters is 1. The lowest BCUT2D eigenvalue weighted by Gasteiger charge is -2.46. The molecule has 8 atom stereocenters. The first-order chi connectivity index (χ1) is 14.9. The van der Waals surface area contributed by atoms with E-state index in [2.05, 4.69) is 10.6 Å². The molecule has 8 nitrogen and oxygen atoms in total. The number of fused-ring (bicyclic) bond motifs is 5. The third kappa shape index (κ3) is 5.77. The first-order valence-electron chi connectivity index (χ1n) is 11.6. The van der Waals surface area contributed by atoms with Gasteiger partial charge in [0.2, 0.25) is 11.8 Å². The van der Waals surface area contributed by atoms with E-state index in [1.165, 1.54) is 7.11 Å². The first-order valence-corrected chi connectivity index (χ1v) is 11.6. The van der Waals surface area contributed by atoms with Gasteiger partial charge in [0.05, 0.1) is 19.3 Å². The van der Waals surface area contributed by atoms with Crippen molar-refractivity contribution in [3.8, 4) is 0 Å². The van der Waals surface area contributed by atoms with Gasteiger partial charge in [-0.2, -0.15) is 0 Å². The van der Waals surface area contributed by atoms with E-state index in [9.17, 15) is 14.4 Å². The molecule has 0 spiro atoms. The van der Waals surface area contributed by atoms with Crippen molar-refractivity contribution in [2.45, 2.75) is 82.6 Å². The van der Waals surface area contributed by atoms with Gasteiger partial charge in [-0.25, -0.2) is 4.79 Å². The molecule has 0 radical (unpaired) electrons. The maximum absolute atomic E-state index is 12.7. The molecule has 1 aliphatic heterocycles. The Kier molecular flexibility index (Phi) is 8.33. The van der Waals surface area contributed by atoms with Gasteiger partial charge >= 0.3 is 5.97 Å². The van der Waals surface area contributed by atoms with Gasteiger partial charge in [0, 0.05) is 20.6 Å². The predicted molar refractivity (Wildman–Crippen MR) is 114 cm³/mol. The Morgan fingerprint density at radius 2 is 1.42 bits per heavy atom. The third-order valence-electron chi connectivity index (χ3n) is 7.66. The standard InChI is InChI=1S/C23H38N2O6/c1-13-22(27)25-18(23(28)31-4)11-14-5-7-19(29-2)16(9-14)17-10-15(12-21(26)24-13)6-8-20(17)30-3/h13-20H,5-12H2,1-4H3,(H,24,26)(H,25,27)/t13-,14-,15-,16-,17-,18-,19-,20-/m0/s1. The van der Waals surface area contributed by atoms with E-state index in [1.807, 2.05) is 0 Å². The van der Waals surface area contributed by atoms with Crippen LogP contribution in [-0.2, 0) is 28.6 Å². The van der Waals surface area contributed by atoms with Crippen molar-refractivity contribution in [2.24, 2.45) is 23.7 Å². The molecule has 2 amide bonds. The summed E-state index contributed by atoms with van der Waals surface area (Å²) in [4.78, 5) is 37.7. The number of hydrogen-bond acceptors (Lipinski definition) is 6. The maximum atomic E-state index is 12.7. The number of ether oxygens (including phenoxy) is 3. The summed E-state index contributed by atoms with van der Waals surface area (Å²) in [6.45, 7) is 1.65. The lowest BCUT2D eigenvalue weighted by molar-refractivity contribution is -0.146. The summed E-state index contributed by atoms with van der Waals surface area (Å²) in [5.74, 6) is 0.243. The number of carbonyl (C=O) groups is 3. The van der Waals surface area contributed by atoms with Gasteiger partial charge < -0.3 is 24.8 Å². The Morgan fingerprint density at radius 1 is 0.839 bits per heavy atom. The summed E-state index contributed by atoms with van der Waals surface area (Å²) < 4.78 is 16.7. The molecule has 0 unspecified atom stereocenters. The van der Waals surface area contributed by atoms with E-state index in [-0.39, 0.29) is 35.9 Å². The van der Waals surface area contributed by atoms with Gasteiger partial charge in [-0.3, -0.25) is 9.59 Å². The van der Waals surface area contributed by atoms with Crippen LogP contribution in [0.3, 0.4) is 0 Å². The van der Waals surface area contributed by atoms with Crippen LogP contribution in [0.5, 0.6) is 0 Å². The average Bonchev–Trinajstić information content (AvgIpc) is 2.77. The Bertz CT molecular complexity index is 656. The van der Waals surface area contributed by atoms with Gasteiger partial charge in [-0.1, -0.05) is 0 Å². The molecule has 1 heterocycles. The highest BCUT2D eigenvalue weighted by molar-refractivity contribution is 5.90. The zero-order valence-electron chi connectivity index (χ0n) is 19.2. The zero-order valence-corrected chi connectivity index (χ0v) is 19.2. The van der Waals surface area contributed by atoms with E-state index >= 15 is 0 Å². The van der Waals surface area contributed by atoms with Crippen LogP contribution in [0.2, 0.25) is 0 Å². The minimum absolute atomic E-state index is 0.126. The van der Waals surface area contributed by atoms with Crippen molar-refractivity contribution in [1.29, 1.82) is 0 Å². The highest BCUT2D eigenvalue weighted by atomic mass is 16.5. The Morgan fingerprint density at radius 3 is 2.00 bits per heavy atom. The number of carbonyl (C=O) groups excluding carboxylic acids is 3. The third-order valence-corrected chi connectivity index (χ3v) is 7.66.